The predicted octanol–water partition coefficient (Wildman–Crippen LogP) is 0.117. The summed E-state index contributed by atoms with van der Waals surface area (Å²) < 4.78 is 1.88. The fraction of sp³-hybridized carbons (Fsp3) is 0.375. The number of aromatic hydroxyl groups is 1. The van der Waals surface area contributed by atoms with Gasteiger partial charge in [0, 0.05) is 12.5 Å². The molecule has 0 amide bonds. The van der Waals surface area contributed by atoms with E-state index < -0.39 is 6.10 Å². The Morgan fingerprint density at radius 1 is 1.55 bits per heavy atom. The zero-order valence-electron chi connectivity index (χ0n) is 6.07. The Hall–Kier alpha value is -1.09. The maximum atomic E-state index is 9.38. The zero-order chi connectivity index (χ0) is 7.84. The standard InChI is InChI=1S/C8H9NO2/c10-6-2-1-4-9-5-3-7(11)8(6)9/h1-2,4,7,11H,3,5H2/p+1. The van der Waals surface area contributed by atoms with Gasteiger partial charge in [0.2, 0.25) is 0 Å². The van der Waals surface area contributed by atoms with Crippen molar-refractivity contribution in [1.29, 1.82) is 0 Å². The van der Waals surface area contributed by atoms with Crippen LogP contribution in [0.25, 0.3) is 0 Å². The Morgan fingerprint density at radius 2 is 2.36 bits per heavy atom. The van der Waals surface area contributed by atoms with Crippen molar-refractivity contribution in [2.24, 2.45) is 0 Å². The molecule has 0 bridgehead atoms. The first-order chi connectivity index (χ1) is 5.29. The average molecular weight is 152 g/mol. The van der Waals surface area contributed by atoms with E-state index >= 15 is 0 Å². The molecule has 1 aromatic rings. The van der Waals surface area contributed by atoms with Crippen LogP contribution in [0.2, 0.25) is 0 Å². The van der Waals surface area contributed by atoms with Crippen LogP contribution in [0.1, 0.15) is 18.2 Å². The minimum Gasteiger partial charge on any atom is -0.502 e. The Labute approximate surface area is 64.5 Å². The number of hydrogen-bond acceptors (Lipinski definition) is 2. The highest BCUT2D eigenvalue weighted by atomic mass is 16.3. The summed E-state index contributed by atoms with van der Waals surface area (Å²) in [5.41, 5.74) is 0.646. The number of aliphatic hydroxyl groups excluding tert-OH is 1. The number of aliphatic hydroxyl groups is 1. The highest BCUT2D eigenvalue weighted by Gasteiger charge is 2.31. The fourth-order valence-electron chi connectivity index (χ4n) is 1.51. The van der Waals surface area contributed by atoms with Gasteiger partial charge in [-0.25, -0.2) is 0 Å². The van der Waals surface area contributed by atoms with Gasteiger partial charge in [0.15, 0.2) is 18.5 Å². The average Bonchev–Trinajstić information content (AvgIpc) is 2.34. The Morgan fingerprint density at radius 3 is 3.09 bits per heavy atom. The molecule has 2 heterocycles. The topological polar surface area (TPSA) is 44.3 Å². The molecule has 0 spiro atoms. The second-order valence-corrected chi connectivity index (χ2v) is 2.78. The molecule has 58 valence electrons. The van der Waals surface area contributed by atoms with Crippen molar-refractivity contribution in [1.82, 2.24) is 0 Å². The van der Waals surface area contributed by atoms with Gasteiger partial charge in [-0.05, 0) is 6.07 Å². The molecule has 0 saturated carbocycles. The minimum atomic E-state index is -0.490. The molecule has 0 aromatic carbocycles. The number of aromatic nitrogens is 1. The second kappa shape index (κ2) is 2.20. The Balaban J connectivity index is 2.58. The first kappa shape index (κ1) is 6.61. The van der Waals surface area contributed by atoms with Crippen LogP contribution >= 0.6 is 0 Å². The largest absolute Gasteiger partial charge is 0.502 e. The molecule has 0 fully saturated rings. The molecule has 1 aromatic heterocycles. The summed E-state index contributed by atoms with van der Waals surface area (Å²) in [5.74, 6) is 0.192. The van der Waals surface area contributed by atoms with Crippen LogP contribution in [0.4, 0.5) is 0 Å². The van der Waals surface area contributed by atoms with E-state index in [-0.39, 0.29) is 5.75 Å². The number of fused-ring (bicyclic) bond motifs is 1. The number of nitrogens with zero attached hydrogens (tertiary/aromatic N) is 1. The van der Waals surface area contributed by atoms with Gasteiger partial charge >= 0.3 is 0 Å². The van der Waals surface area contributed by atoms with Crippen molar-refractivity contribution in [2.75, 3.05) is 0 Å². The van der Waals surface area contributed by atoms with Gasteiger partial charge in [-0.2, -0.15) is 4.57 Å². The van der Waals surface area contributed by atoms with Gasteiger partial charge < -0.3 is 10.2 Å². The van der Waals surface area contributed by atoms with E-state index in [1.807, 2.05) is 10.8 Å². The van der Waals surface area contributed by atoms with Crippen molar-refractivity contribution in [3.8, 4) is 5.75 Å². The van der Waals surface area contributed by atoms with E-state index in [0.29, 0.717) is 12.1 Å². The third kappa shape index (κ3) is 0.886. The third-order valence-electron chi connectivity index (χ3n) is 2.05. The normalized spacial score (nSPS) is 21.7. The summed E-state index contributed by atoms with van der Waals surface area (Å²) in [6.07, 6.45) is 2.08. The third-order valence-corrected chi connectivity index (χ3v) is 2.05. The molecule has 0 radical (unpaired) electrons. The lowest BCUT2D eigenvalue weighted by Gasteiger charge is -1.97. The van der Waals surface area contributed by atoms with Crippen molar-refractivity contribution < 1.29 is 14.8 Å². The summed E-state index contributed by atoms with van der Waals surface area (Å²) in [7, 11) is 0. The molecular weight excluding hydrogens is 142 g/mol. The number of rotatable bonds is 0. The Kier molecular flexibility index (Phi) is 1.32. The van der Waals surface area contributed by atoms with Crippen LogP contribution in [0.15, 0.2) is 18.3 Å². The van der Waals surface area contributed by atoms with Crippen LogP contribution in [0.3, 0.4) is 0 Å². The maximum absolute atomic E-state index is 9.38. The van der Waals surface area contributed by atoms with Crippen LogP contribution in [-0.2, 0) is 6.54 Å². The SMILES string of the molecule is Oc1ccc[n+]2c1C(O)CC2. The first-order valence-electron chi connectivity index (χ1n) is 3.68. The van der Waals surface area contributed by atoms with Gasteiger partial charge in [-0.1, -0.05) is 0 Å². The minimum absolute atomic E-state index is 0.192. The molecule has 2 rings (SSSR count). The van der Waals surface area contributed by atoms with Gasteiger partial charge in [0.25, 0.3) is 5.69 Å². The molecule has 0 saturated heterocycles. The van der Waals surface area contributed by atoms with Crippen LogP contribution in [0, 0.1) is 0 Å². The first-order valence-corrected chi connectivity index (χ1v) is 3.68. The Bertz CT molecular complexity index is 285. The van der Waals surface area contributed by atoms with Gasteiger partial charge in [0.05, 0.1) is 0 Å². The van der Waals surface area contributed by atoms with E-state index in [9.17, 15) is 10.2 Å². The van der Waals surface area contributed by atoms with Crippen molar-refractivity contribution in [3.05, 3.63) is 24.0 Å². The molecule has 1 aliphatic heterocycles. The van der Waals surface area contributed by atoms with Gasteiger partial charge in [-0.15, -0.1) is 0 Å². The molecule has 3 heteroatoms. The predicted molar refractivity (Wildman–Crippen MR) is 37.9 cm³/mol. The lowest BCUT2D eigenvalue weighted by atomic mass is 10.2. The van der Waals surface area contributed by atoms with Crippen LogP contribution in [0.5, 0.6) is 5.75 Å². The quantitative estimate of drug-likeness (QED) is 0.518. The molecule has 1 aliphatic rings. The molecule has 1 atom stereocenters. The van der Waals surface area contributed by atoms with E-state index in [0.717, 1.165) is 6.54 Å². The van der Waals surface area contributed by atoms with Gasteiger partial charge in [-0.3, -0.25) is 0 Å². The monoisotopic (exact) mass is 152 g/mol. The molecule has 1 unspecified atom stereocenters. The molecule has 11 heavy (non-hydrogen) atoms. The lowest BCUT2D eigenvalue weighted by molar-refractivity contribution is -0.691. The summed E-state index contributed by atoms with van der Waals surface area (Å²) in [6, 6.07) is 3.37. The van der Waals surface area contributed by atoms with Gasteiger partial charge in [0.1, 0.15) is 6.10 Å². The molecule has 3 nitrogen and oxygen atoms in total. The van der Waals surface area contributed by atoms with Crippen molar-refractivity contribution >= 4 is 0 Å². The number of aryl methyl sites for hydroxylation is 1. The summed E-state index contributed by atoms with van der Waals surface area (Å²) in [4.78, 5) is 0. The zero-order valence-corrected chi connectivity index (χ0v) is 6.07. The highest BCUT2D eigenvalue weighted by Crippen LogP contribution is 2.26. The number of pyridine rings is 1. The smallest absolute Gasteiger partial charge is 0.252 e. The van der Waals surface area contributed by atoms with E-state index in [4.69, 9.17) is 0 Å². The molecule has 2 N–H and O–H groups in total. The summed E-state index contributed by atoms with van der Waals surface area (Å²) in [6.45, 7) is 0.797. The summed E-state index contributed by atoms with van der Waals surface area (Å²) in [5, 5.41) is 18.7. The van der Waals surface area contributed by atoms with E-state index in [1.165, 1.54) is 0 Å². The van der Waals surface area contributed by atoms with E-state index in [2.05, 4.69) is 0 Å². The van der Waals surface area contributed by atoms with Crippen LogP contribution in [-0.4, -0.2) is 10.2 Å². The second-order valence-electron chi connectivity index (χ2n) is 2.78. The maximum Gasteiger partial charge on any atom is 0.252 e. The summed E-state index contributed by atoms with van der Waals surface area (Å²) >= 11 is 0. The molecular formula is C8H10NO2+. The highest BCUT2D eigenvalue weighted by molar-refractivity contribution is 5.23. The number of hydrogen-bond donors (Lipinski definition) is 2. The van der Waals surface area contributed by atoms with Crippen molar-refractivity contribution in [3.63, 3.8) is 0 Å². The lowest BCUT2D eigenvalue weighted by Crippen LogP contribution is -2.32. The van der Waals surface area contributed by atoms with Crippen LogP contribution < -0.4 is 4.57 Å². The van der Waals surface area contributed by atoms with Crippen molar-refractivity contribution in [2.45, 2.75) is 19.1 Å². The fourth-order valence-corrected chi connectivity index (χ4v) is 1.51. The molecule has 0 aliphatic carbocycles. The van der Waals surface area contributed by atoms with E-state index in [1.54, 1.807) is 12.1 Å².